The van der Waals surface area contributed by atoms with Gasteiger partial charge < -0.3 is 9.32 Å². The molecule has 6 heteroatoms. The maximum Gasteiger partial charge on any atom is 0.159 e. The van der Waals surface area contributed by atoms with Crippen LogP contribution < -0.4 is 20.9 Å². The third-order valence-corrected chi connectivity index (χ3v) is 13.2. The summed E-state index contributed by atoms with van der Waals surface area (Å²) in [5.41, 5.74) is 11.6. The summed E-state index contributed by atoms with van der Waals surface area (Å²) in [4.78, 5) is 2.47. The smallest absolute Gasteiger partial charge is 0.159 e. The molecule has 1 fully saturated rings. The number of benzene rings is 7. The van der Waals surface area contributed by atoms with E-state index in [0.717, 1.165) is 27.6 Å². The molecule has 0 amide bonds. The van der Waals surface area contributed by atoms with Crippen LogP contribution in [0.25, 0.3) is 53.2 Å². The summed E-state index contributed by atoms with van der Waals surface area (Å²) in [6.45, 7) is 0. The predicted octanol–water partition coefficient (Wildman–Crippen LogP) is 12.5. The van der Waals surface area contributed by atoms with Crippen LogP contribution in [0.2, 0.25) is 0 Å². The van der Waals surface area contributed by atoms with E-state index in [2.05, 4.69) is 203 Å². The summed E-state index contributed by atoms with van der Waals surface area (Å²) >= 11 is 1.86. The van der Waals surface area contributed by atoms with Gasteiger partial charge in [-0.1, -0.05) is 146 Å². The predicted molar refractivity (Wildman–Crippen MR) is 236 cm³/mol. The number of nitrogens with zero attached hydrogens (tertiary/aromatic N) is 1. The fourth-order valence-electron chi connectivity index (χ4n) is 9.49. The molecule has 2 aliphatic heterocycles. The van der Waals surface area contributed by atoms with E-state index >= 15 is 0 Å². The molecule has 4 unspecified atom stereocenters. The first-order valence-electron chi connectivity index (χ1n) is 19.8. The molecule has 0 saturated carbocycles. The molecule has 0 radical (unpaired) electrons. The molecule has 0 spiro atoms. The van der Waals surface area contributed by atoms with Crippen molar-refractivity contribution in [2.24, 2.45) is 0 Å². The first-order chi connectivity index (χ1) is 28.2. The molecule has 1 aliphatic carbocycles. The van der Waals surface area contributed by atoms with Crippen molar-refractivity contribution in [3.8, 4) is 11.1 Å². The summed E-state index contributed by atoms with van der Waals surface area (Å²) in [7, 11) is 0. The number of thiophene rings is 1. The summed E-state index contributed by atoms with van der Waals surface area (Å²) in [6.07, 6.45) is 8.91. The van der Waals surface area contributed by atoms with Crippen LogP contribution in [0, 0.1) is 0 Å². The van der Waals surface area contributed by atoms with Crippen molar-refractivity contribution in [3.05, 3.63) is 204 Å². The Hall–Kier alpha value is -6.28. The minimum absolute atomic E-state index is 0.0123. The molecule has 1 saturated heterocycles. The quantitative estimate of drug-likeness (QED) is 0.163. The van der Waals surface area contributed by atoms with Crippen LogP contribution >= 0.6 is 11.3 Å². The Kier molecular flexibility index (Phi) is 7.60. The molecule has 12 rings (SSSR count). The second-order valence-electron chi connectivity index (χ2n) is 15.3. The molecule has 3 aliphatic rings. The SMILES string of the molecule is C1=CC2c3ccccc3N(c3cccc4c3oc3ccc(-c5cccc6sc7cc(C8NC(c9ccccc9)NC(c9ccccc9)N8)ccc7c56)cc34)C2C=C1. The second-order valence-corrected chi connectivity index (χ2v) is 16.4. The van der Waals surface area contributed by atoms with E-state index in [1.54, 1.807) is 0 Å². The Bertz CT molecular complexity index is 3010. The maximum atomic E-state index is 6.77. The zero-order chi connectivity index (χ0) is 37.5. The summed E-state index contributed by atoms with van der Waals surface area (Å²) in [5.74, 6) is 0.319. The maximum absolute atomic E-state index is 6.77. The zero-order valence-corrected chi connectivity index (χ0v) is 31.8. The number of allylic oxidation sites excluding steroid dienone is 2. The lowest BCUT2D eigenvalue weighted by Crippen LogP contribution is -2.54. The topological polar surface area (TPSA) is 52.5 Å². The number of furan rings is 1. The van der Waals surface area contributed by atoms with Gasteiger partial charge in [-0.3, -0.25) is 16.0 Å². The van der Waals surface area contributed by atoms with E-state index in [-0.39, 0.29) is 24.5 Å². The van der Waals surface area contributed by atoms with Crippen LogP contribution in [-0.2, 0) is 0 Å². The van der Waals surface area contributed by atoms with Crippen LogP contribution in [0.5, 0.6) is 0 Å². The van der Waals surface area contributed by atoms with Crippen LogP contribution in [-0.4, -0.2) is 6.04 Å². The van der Waals surface area contributed by atoms with Crippen molar-refractivity contribution in [2.45, 2.75) is 30.5 Å². The van der Waals surface area contributed by atoms with E-state index < -0.39 is 0 Å². The van der Waals surface area contributed by atoms with Crippen molar-refractivity contribution in [1.29, 1.82) is 0 Å². The molecule has 3 N–H and O–H groups in total. The van der Waals surface area contributed by atoms with E-state index in [1.807, 2.05) is 11.3 Å². The van der Waals surface area contributed by atoms with Gasteiger partial charge in [0.1, 0.15) is 5.58 Å². The van der Waals surface area contributed by atoms with E-state index in [9.17, 15) is 0 Å². The van der Waals surface area contributed by atoms with Gasteiger partial charge in [-0.25, -0.2) is 0 Å². The van der Waals surface area contributed by atoms with Gasteiger partial charge in [0.2, 0.25) is 0 Å². The van der Waals surface area contributed by atoms with E-state index in [4.69, 9.17) is 4.42 Å². The highest BCUT2D eigenvalue weighted by atomic mass is 32.1. The van der Waals surface area contributed by atoms with Crippen LogP contribution in [0.1, 0.15) is 46.7 Å². The van der Waals surface area contributed by atoms with Gasteiger partial charge in [-0.05, 0) is 69.8 Å². The monoisotopic (exact) mass is 754 g/mol. The molecule has 9 aromatic rings. The third-order valence-electron chi connectivity index (χ3n) is 12.1. The average molecular weight is 755 g/mol. The largest absolute Gasteiger partial charge is 0.454 e. The molecule has 7 aromatic carbocycles. The number of para-hydroxylation sites is 2. The molecule has 4 heterocycles. The van der Waals surface area contributed by atoms with Crippen molar-refractivity contribution in [1.82, 2.24) is 16.0 Å². The Labute approximate surface area is 334 Å². The first-order valence-corrected chi connectivity index (χ1v) is 20.6. The summed E-state index contributed by atoms with van der Waals surface area (Å²) < 4.78 is 9.33. The molecule has 4 atom stereocenters. The molecule has 0 bridgehead atoms. The Morgan fingerprint density at radius 2 is 1.21 bits per heavy atom. The van der Waals surface area contributed by atoms with Gasteiger partial charge in [-0.15, -0.1) is 11.3 Å². The fraction of sp³-hybridized carbons (Fsp3) is 0.0980. The average Bonchev–Trinajstić information content (AvgIpc) is 3.96. The van der Waals surface area contributed by atoms with E-state index in [0.29, 0.717) is 5.92 Å². The highest BCUT2D eigenvalue weighted by Crippen LogP contribution is 2.50. The summed E-state index contributed by atoms with van der Waals surface area (Å²) in [6, 6.07) is 57.3. The van der Waals surface area contributed by atoms with Crippen LogP contribution in [0.3, 0.4) is 0 Å². The second kappa shape index (κ2) is 13.2. The Balaban J connectivity index is 0.929. The molecule has 274 valence electrons. The van der Waals surface area contributed by atoms with Crippen LogP contribution in [0.15, 0.2) is 186 Å². The van der Waals surface area contributed by atoms with Crippen LogP contribution in [0.4, 0.5) is 11.4 Å². The van der Waals surface area contributed by atoms with Gasteiger partial charge in [0.25, 0.3) is 0 Å². The third kappa shape index (κ3) is 5.33. The van der Waals surface area contributed by atoms with Gasteiger partial charge in [-0.2, -0.15) is 0 Å². The number of hydrogen-bond acceptors (Lipinski definition) is 6. The molecule has 2 aromatic heterocycles. The van der Waals surface area contributed by atoms with Crippen molar-refractivity contribution in [2.75, 3.05) is 4.90 Å². The number of hydrogen-bond donors (Lipinski definition) is 3. The molecule has 57 heavy (non-hydrogen) atoms. The summed E-state index contributed by atoms with van der Waals surface area (Å²) in [5, 5.41) is 16.3. The lowest BCUT2D eigenvalue weighted by atomic mass is 9.91. The van der Waals surface area contributed by atoms with Gasteiger partial charge in [0.15, 0.2) is 5.58 Å². The van der Waals surface area contributed by atoms with Gasteiger partial charge >= 0.3 is 0 Å². The zero-order valence-electron chi connectivity index (χ0n) is 31.0. The standard InChI is InChI=1S/C51H38N4OS/c1-3-13-31(14-4-1)49-52-50(32-15-5-2-6-16-32)54-51(53-49)34-25-27-39-46(30-34)57-45-24-12-19-35(47(39)45)33-26-28-44-40(29-33)38-20-11-23-43(48(38)56-44)55-41-21-9-7-17-36(41)37-18-8-10-22-42(37)55/h1-30,36,41,49-54H. The van der Waals surface area contributed by atoms with E-state index in [1.165, 1.54) is 59.2 Å². The first kappa shape index (κ1) is 32.9. The Morgan fingerprint density at radius 3 is 2.02 bits per heavy atom. The highest BCUT2D eigenvalue weighted by Gasteiger charge is 2.38. The lowest BCUT2D eigenvalue weighted by Gasteiger charge is -2.39. The number of rotatable bonds is 5. The van der Waals surface area contributed by atoms with Gasteiger partial charge in [0.05, 0.1) is 30.2 Å². The fourth-order valence-corrected chi connectivity index (χ4v) is 10.7. The van der Waals surface area contributed by atoms with Crippen molar-refractivity contribution >= 4 is 64.8 Å². The Morgan fingerprint density at radius 1 is 0.509 bits per heavy atom. The normalized spacial score (nSPS) is 21.5. The number of anilines is 2. The lowest BCUT2D eigenvalue weighted by molar-refractivity contribution is 0.203. The number of fused-ring (bicyclic) bond motifs is 9. The van der Waals surface area contributed by atoms with Gasteiger partial charge in [0, 0.05) is 42.6 Å². The molecular weight excluding hydrogens is 717 g/mol. The minimum atomic E-state index is -0.0528. The molecular formula is C51H38N4OS. The highest BCUT2D eigenvalue weighted by molar-refractivity contribution is 7.26. The van der Waals surface area contributed by atoms with Crippen molar-refractivity contribution in [3.63, 3.8) is 0 Å². The van der Waals surface area contributed by atoms with Crippen molar-refractivity contribution < 1.29 is 4.42 Å². The number of nitrogens with one attached hydrogen (secondary N) is 3. The minimum Gasteiger partial charge on any atom is -0.454 e. The molecule has 5 nitrogen and oxygen atoms in total.